The molecule has 3 N–H and O–H groups in total. The zero-order valence-electron chi connectivity index (χ0n) is 12.2. The molecule has 0 aliphatic rings. The topological polar surface area (TPSA) is 45.7 Å². The molecule has 122 valence electrons. The number of hydrogen-bond acceptors (Lipinski definition) is 1. The van der Waals surface area contributed by atoms with Crippen LogP contribution in [0.25, 0.3) is 0 Å². The number of hydrogen-bond donors (Lipinski definition) is 2. The number of amides is 1. The van der Waals surface area contributed by atoms with Crippen molar-refractivity contribution in [2.24, 2.45) is 0 Å². The Balaban J connectivity index is 1.96. The average Bonchev–Trinajstić information content (AvgIpc) is 2.49. The van der Waals surface area contributed by atoms with Crippen molar-refractivity contribution in [2.75, 3.05) is 11.9 Å². The van der Waals surface area contributed by atoms with Crippen LogP contribution in [-0.4, -0.2) is 12.5 Å². The second kappa shape index (κ2) is 7.23. The van der Waals surface area contributed by atoms with Crippen LogP contribution < -0.4 is 10.6 Å². The van der Waals surface area contributed by atoms with Gasteiger partial charge in [-0.15, -0.1) is 0 Å². The van der Waals surface area contributed by atoms with Crippen LogP contribution in [0, 0.1) is 23.3 Å². The van der Waals surface area contributed by atoms with Gasteiger partial charge in [0.15, 0.2) is 6.54 Å². The van der Waals surface area contributed by atoms with E-state index in [-0.39, 0.29) is 12.1 Å². The van der Waals surface area contributed by atoms with Gasteiger partial charge in [-0.25, -0.2) is 17.6 Å². The first-order valence-electron chi connectivity index (χ1n) is 6.90. The highest BCUT2D eigenvalue weighted by Gasteiger charge is 2.17. The predicted molar refractivity (Wildman–Crippen MR) is 76.6 cm³/mol. The van der Waals surface area contributed by atoms with Crippen LogP contribution in [0.2, 0.25) is 0 Å². The summed E-state index contributed by atoms with van der Waals surface area (Å²) < 4.78 is 53.3. The Morgan fingerprint density at radius 2 is 1.74 bits per heavy atom. The molecule has 0 aliphatic carbocycles. The van der Waals surface area contributed by atoms with E-state index in [0.717, 1.165) is 24.3 Å². The minimum atomic E-state index is -0.879. The molecule has 0 unspecified atom stereocenters. The molecule has 1 amide bonds. The van der Waals surface area contributed by atoms with Gasteiger partial charge in [-0.05, 0) is 31.2 Å². The lowest BCUT2D eigenvalue weighted by Crippen LogP contribution is -2.86. The first kappa shape index (κ1) is 17.0. The molecule has 1 atom stereocenters. The Kier molecular flexibility index (Phi) is 5.33. The van der Waals surface area contributed by atoms with E-state index in [0.29, 0.717) is 0 Å². The fourth-order valence-electron chi connectivity index (χ4n) is 2.09. The van der Waals surface area contributed by atoms with Crippen LogP contribution >= 0.6 is 0 Å². The zero-order valence-corrected chi connectivity index (χ0v) is 12.2. The number of nitrogens with one attached hydrogen (secondary N) is 1. The van der Waals surface area contributed by atoms with Gasteiger partial charge in [0.25, 0.3) is 5.91 Å². The Morgan fingerprint density at radius 1 is 1.09 bits per heavy atom. The van der Waals surface area contributed by atoms with Crippen molar-refractivity contribution in [3.63, 3.8) is 0 Å². The van der Waals surface area contributed by atoms with Crippen molar-refractivity contribution in [1.29, 1.82) is 0 Å². The van der Waals surface area contributed by atoms with Crippen molar-refractivity contribution in [3.05, 3.63) is 65.2 Å². The predicted octanol–water partition coefficient (Wildman–Crippen LogP) is 2.51. The summed E-state index contributed by atoms with van der Waals surface area (Å²) in [5, 5.41) is 3.61. The van der Waals surface area contributed by atoms with Crippen molar-refractivity contribution < 1.29 is 27.7 Å². The maximum absolute atomic E-state index is 13.6. The summed E-state index contributed by atoms with van der Waals surface area (Å²) in [6.45, 7) is 1.46. The third kappa shape index (κ3) is 4.29. The number of halogens is 4. The lowest BCUT2D eigenvalue weighted by molar-refractivity contribution is -0.682. The van der Waals surface area contributed by atoms with Crippen LogP contribution in [-0.2, 0) is 4.79 Å². The summed E-state index contributed by atoms with van der Waals surface area (Å²) in [6.07, 6.45) is 0. The number of carbonyl (C=O) groups excluding carboxylic acids is 1. The normalized spacial score (nSPS) is 12.0. The monoisotopic (exact) mass is 327 g/mol. The van der Waals surface area contributed by atoms with Gasteiger partial charge in [-0.1, -0.05) is 6.07 Å². The van der Waals surface area contributed by atoms with Crippen LogP contribution in [0.1, 0.15) is 18.5 Å². The van der Waals surface area contributed by atoms with Crippen LogP contribution in [0.5, 0.6) is 0 Å². The van der Waals surface area contributed by atoms with Crippen molar-refractivity contribution in [3.8, 4) is 0 Å². The molecule has 7 heteroatoms. The van der Waals surface area contributed by atoms with E-state index in [4.69, 9.17) is 0 Å². The molecule has 3 nitrogen and oxygen atoms in total. The molecule has 0 spiro atoms. The highest BCUT2D eigenvalue weighted by Crippen LogP contribution is 2.17. The molecule has 0 aromatic heterocycles. The molecule has 0 fully saturated rings. The molecule has 2 aromatic carbocycles. The maximum Gasteiger partial charge on any atom is 0.279 e. The number of carbonyl (C=O) groups is 1. The standard InChI is InChI=1S/C16H14F4N2O/c1-9(11-6-5-10(17)7-14(11)20)21-8-15(23)22-16-12(18)3-2-4-13(16)19/h2-7,9,21H,8H2,1H3,(H,22,23)/p+1/t9-/m0/s1. The van der Waals surface area contributed by atoms with E-state index in [9.17, 15) is 22.4 Å². The zero-order chi connectivity index (χ0) is 17.0. The first-order chi connectivity index (χ1) is 10.9. The van der Waals surface area contributed by atoms with Gasteiger partial charge < -0.3 is 10.6 Å². The van der Waals surface area contributed by atoms with E-state index in [2.05, 4.69) is 5.32 Å². The quantitative estimate of drug-likeness (QED) is 0.815. The molecule has 0 saturated heterocycles. The molecule has 0 heterocycles. The van der Waals surface area contributed by atoms with Crippen molar-refractivity contribution in [1.82, 2.24) is 0 Å². The Hall–Kier alpha value is -2.41. The molecule has 2 aromatic rings. The third-order valence-electron chi connectivity index (χ3n) is 3.34. The number of nitrogens with two attached hydrogens (primary N) is 1. The number of benzene rings is 2. The third-order valence-corrected chi connectivity index (χ3v) is 3.34. The molecular weight excluding hydrogens is 312 g/mol. The highest BCUT2D eigenvalue weighted by atomic mass is 19.1. The van der Waals surface area contributed by atoms with Gasteiger partial charge >= 0.3 is 0 Å². The van der Waals surface area contributed by atoms with Crippen LogP contribution in [0.3, 0.4) is 0 Å². The molecule has 0 radical (unpaired) electrons. The summed E-state index contributed by atoms with van der Waals surface area (Å²) >= 11 is 0. The van der Waals surface area contributed by atoms with Crippen molar-refractivity contribution >= 4 is 11.6 Å². The number of rotatable bonds is 5. The van der Waals surface area contributed by atoms with Gasteiger partial charge in [0, 0.05) is 11.6 Å². The maximum atomic E-state index is 13.6. The summed E-state index contributed by atoms with van der Waals surface area (Å²) in [7, 11) is 0. The minimum absolute atomic E-state index is 0.175. The number of quaternary nitrogens is 1. The Morgan fingerprint density at radius 3 is 2.35 bits per heavy atom. The minimum Gasteiger partial charge on any atom is -0.332 e. The first-order valence-corrected chi connectivity index (χ1v) is 6.90. The molecule has 0 bridgehead atoms. The fourth-order valence-corrected chi connectivity index (χ4v) is 2.09. The van der Waals surface area contributed by atoms with E-state index < -0.39 is 40.9 Å². The summed E-state index contributed by atoms with van der Waals surface area (Å²) in [6, 6.07) is 5.95. The smallest absolute Gasteiger partial charge is 0.279 e. The fraction of sp³-hybridized carbons (Fsp3) is 0.188. The highest BCUT2D eigenvalue weighted by molar-refractivity contribution is 5.91. The van der Waals surface area contributed by atoms with Gasteiger partial charge in [0.1, 0.15) is 35.0 Å². The van der Waals surface area contributed by atoms with Crippen LogP contribution in [0.4, 0.5) is 23.2 Å². The van der Waals surface area contributed by atoms with E-state index in [1.54, 1.807) is 6.92 Å². The van der Waals surface area contributed by atoms with Gasteiger partial charge in [0.2, 0.25) is 0 Å². The van der Waals surface area contributed by atoms with Crippen molar-refractivity contribution in [2.45, 2.75) is 13.0 Å². The number of para-hydroxylation sites is 1. The second-order valence-electron chi connectivity index (χ2n) is 5.04. The van der Waals surface area contributed by atoms with E-state index >= 15 is 0 Å². The molecule has 0 saturated carbocycles. The lowest BCUT2D eigenvalue weighted by atomic mass is 10.1. The molecule has 0 aliphatic heterocycles. The second-order valence-corrected chi connectivity index (χ2v) is 5.04. The van der Waals surface area contributed by atoms with Crippen LogP contribution in [0.15, 0.2) is 36.4 Å². The van der Waals surface area contributed by atoms with Gasteiger partial charge in [-0.2, -0.15) is 0 Å². The average molecular weight is 327 g/mol. The van der Waals surface area contributed by atoms with Gasteiger partial charge in [0.05, 0.1) is 0 Å². The molecular formula is C16H15F4N2O+. The summed E-state index contributed by atoms with van der Waals surface area (Å²) in [5.41, 5.74) is -0.289. The van der Waals surface area contributed by atoms with Gasteiger partial charge in [-0.3, -0.25) is 4.79 Å². The SMILES string of the molecule is C[C@H]([NH2+]CC(=O)Nc1c(F)cccc1F)c1ccc(F)cc1F. The largest absolute Gasteiger partial charge is 0.332 e. The van der Waals surface area contributed by atoms with E-state index in [1.807, 2.05) is 0 Å². The summed E-state index contributed by atoms with van der Waals surface area (Å²) in [5.74, 6) is -3.80. The molecule has 2 rings (SSSR count). The number of anilines is 1. The summed E-state index contributed by atoms with van der Waals surface area (Å²) in [4.78, 5) is 11.8. The van der Waals surface area contributed by atoms with E-state index in [1.165, 1.54) is 17.4 Å². The Labute approximate surface area is 130 Å². The molecule has 23 heavy (non-hydrogen) atoms. The lowest BCUT2D eigenvalue weighted by Gasteiger charge is -2.12. The Bertz CT molecular complexity index is 701.